The minimum absolute atomic E-state index is 0.281. The van der Waals surface area contributed by atoms with Crippen LogP contribution in [0.5, 0.6) is 0 Å². The SMILES string of the molecule is CC1CCCCC1OCC(O)CNc1cccc(Cl)c1Cl. The highest BCUT2D eigenvalue weighted by atomic mass is 35.5. The lowest BCUT2D eigenvalue weighted by atomic mass is 9.88. The van der Waals surface area contributed by atoms with E-state index in [0.29, 0.717) is 29.1 Å². The maximum Gasteiger partial charge on any atom is 0.0945 e. The summed E-state index contributed by atoms with van der Waals surface area (Å²) in [7, 11) is 0. The van der Waals surface area contributed by atoms with Gasteiger partial charge in [-0.2, -0.15) is 0 Å². The Morgan fingerprint density at radius 3 is 2.86 bits per heavy atom. The molecule has 0 radical (unpaired) electrons. The van der Waals surface area contributed by atoms with Gasteiger partial charge in [-0.15, -0.1) is 0 Å². The number of nitrogens with one attached hydrogen (secondary N) is 1. The van der Waals surface area contributed by atoms with Crippen LogP contribution in [0, 0.1) is 5.92 Å². The van der Waals surface area contributed by atoms with Crippen molar-refractivity contribution in [3.8, 4) is 0 Å². The van der Waals surface area contributed by atoms with Gasteiger partial charge >= 0.3 is 0 Å². The number of halogens is 2. The third kappa shape index (κ3) is 5.03. The number of benzene rings is 1. The highest BCUT2D eigenvalue weighted by molar-refractivity contribution is 6.43. The van der Waals surface area contributed by atoms with Gasteiger partial charge < -0.3 is 15.2 Å². The fourth-order valence-corrected chi connectivity index (χ4v) is 3.06. The van der Waals surface area contributed by atoms with Crippen LogP contribution in [0.15, 0.2) is 18.2 Å². The highest BCUT2D eigenvalue weighted by Gasteiger charge is 2.22. The van der Waals surface area contributed by atoms with Gasteiger partial charge in [0.05, 0.1) is 34.5 Å². The summed E-state index contributed by atoms with van der Waals surface area (Å²) in [5.41, 5.74) is 0.731. The third-order valence-electron chi connectivity index (χ3n) is 4.02. The molecule has 118 valence electrons. The van der Waals surface area contributed by atoms with Crippen molar-refractivity contribution in [2.45, 2.75) is 44.8 Å². The first-order chi connectivity index (χ1) is 10.1. The minimum Gasteiger partial charge on any atom is -0.389 e. The van der Waals surface area contributed by atoms with Gasteiger partial charge in [0.2, 0.25) is 0 Å². The molecule has 0 heterocycles. The summed E-state index contributed by atoms with van der Waals surface area (Å²) < 4.78 is 5.85. The second-order valence-corrected chi connectivity index (χ2v) is 6.55. The molecule has 1 aliphatic carbocycles. The summed E-state index contributed by atoms with van der Waals surface area (Å²) in [5, 5.41) is 14.1. The van der Waals surface area contributed by atoms with Crippen molar-refractivity contribution < 1.29 is 9.84 Å². The number of rotatable bonds is 6. The maximum atomic E-state index is 10.0. The van der Waals surface area contributed by atoms with Crippen molar-refractivity contribution in [2.24, 2.45) is 5.92 Å². The minimum atomic E-state index is -0.561. The second kappa shape index (κ2) is 8.23. The Morgan fingerprint density at radius 2 is 2.10 bits per heavy atom. The zero-order valence-electron chi connectivity index (χ0n) is 12.3. The lowest BCUT2D eigenvalue weighted by Gasteiger charge is -2.29. The molecule has 0 bridgehead atoms. The Bertz CT molecular complexity index is 456. The van der Waals surface area contributed by atoms with E-state index in [9.17, 15) is 5.11 Å². The van der Waals surface area contributed by atoms with E-state index >= 15 is 0 Å². The topological polar surface area (TPSA) is 41.5 Å². The second-order valence-electron chi connectivity index (χ2n) is 5.77. The van der Waals surface area contributed by atoms with Gasteiger partial charge in [-0.1, -0.05) is 49.0 Å². The Balaban J connectivity index is 1.74. The van der Waals surface area contributed by atoms with Gasteiger partial charge in [0, 0.05) is 6.54 Å². The standard InChI is InChI=1S/C16H23Cl2NO2/c1-11-5-2-3-8-15(11)21-10-12(20)9-19-14-7-4-6-13(17)16(14)18/h4,6-7,11-12,15,19-20H,2-3,5,8-10H2,1H3. The van der Waals surface area contributed by atoms with Crippen molar-refractivity contribution >= 4 is 28.9 Å². The first-order valence-electron chi connectivity index (χ1n) is 7.55. The monoisotopic (exact) mass is 331 g/mol. The number of aliphatic hydroxyl groups is 1. The Morgan fingerprint density at radius 1 is 1.33 bits per heavy atom. The van der Waals surface area contributed by atoms with E-state index in [2.05, 4.69) is 12.2 Å². The van der Waals surface area contributed by atoms with Gasteiger partial charge in [0.1, 0.15) is 0 Å². The average Bonchev–Trinajstić information content (AvgIpc) is 2.48. The van der Waals surface area contributed by atoms with E-state index in [4.69, 9.17) is 27.9 Å². The van der Waals surface area contributed by atoms with Crippen LogP contribution in [0.3, 0.4) is 0 Å². The van der Waals surface area contributed by atoms with Gasteiger partial charge in [-0.05, 0) is 30.9 Å². The van der Waals surface area contributed by atoms with Crippen molar-refractivity contribution in [3.63, 3.8) is 0 Å². The molecule has 1 aliphatic rings. The fraction of sp³-hybridized carbons (Fsp3) is 0.625. The maximum absolute atomic E-state index is 10.0. The highest BCUT2D eigenvalue weighted by Crippen LogP contribution is 2.29. The van der Waals surface area contributed by atoms with Crippen molar-refractivity contribution in [1.82, 2.24) is 0 Å². The summed E-state index contributed by atoms with van der Waals surface area (Å²) in [6, 6.07) is 5.40. The average molecular weight is 332 g/mol. The zero-order chi connectivity index (χ0) is 15.2. The normalized spacial score (nSPS) is 23.8. The molecule has 3 nitrogen and oxygen atoms in total. The zero-order valence-corrected chi connectivity index (χ0v) is 13.8. The first kappa shape index (κ1) is 16.9. The van der Waals surface area contributed by atoms with Crippen molar-refractivity contribution in [3.05, 3.63) is 28.2 Å². The molecule has 1 fully saturated rings. The number of hydrogen-bond donors (Lipinski definition) is 2. The van der Waals surface area contributed by atoms with Crippen LogP contribution < -0.4 is 5.32 Å². The van der Waals surface area contributed by atoms with Gasteiger partial charge in [-0.3, -0.25) is 0 Å². The van der Waals surface area contributed by atoms with E-state index < -0.39 is 6.10 Å². The molecule has 1 saturated carbocycles. The lowest BCUT2D eigenvalue weighted by molar-refractivity contribution is -0.0424. The largest absolute Gasteiger partial charge is 0.389 e. The molecule has 0 aliphatic heterocycles. The van der Waals surface area contributed by atoms with E-state index in [1.807, 2.05) is 12.1 Å². The molecule has 1 aromatic carbocycles. The Hall–Kier alpha value is -0.480. The van der Waals surface area contributed by atoms with Gasteiger partial charge in [0.25, 0.3) is 0 Å². The molecular formula is C16H23Cl2NO2. The third-order valence-corrected chi connectivity index (χ3v) is 4.83. The summed E-state index contributed by atoms with van der Waals surface area (Å²) in [6.07, 6.45) is 4.55. The Labute approximate surface area is 136 Å². The predicted octanol–water partition coefficient (Wildman–Crippen LogP) is 4.36. The molecule has 3 atom stereocenters. The molecule has 2 N–H and O–H groups in total. The van der Waals surface area contributed by atoms with E-state index in [-0.39, 0.29) is 6.10 Å². The van der Waals surface area contributed by atoms with Crippen LogP contribution in [-0.4, -0.2) is 30.5 Å². The van der Waals surface area contributed by atoms with Crippen LogP contribution in [0.25, 0.3) is 0 Å². The molecule has 0 aromatic heterocycles. The molecule has 2 rings (SSSR count). The van der Waals surface area contributed by atoms with Crippen LogP contribution in [0.4, 0.5) is 5.69 Å². The van der Waals surface area contributed by atoms with Crippen LogP contribution in [0.2, 0.25) is 10.0 Å². The van der Waals surface area contributed by atoms with Crippen LogP contribution in [-0.2, 0) is 4.74 Å². The first-order valence-corrected chi connectivity index (χ1v) is 8.31. The van der Waals surface area contributed by atoms with Crippen molar-refractivity contribution in [1.29, 1.82) is 0 Å². The molecule has 0 amide bonds. The molecular weight excluding hydrogens is 309 g/mol. The summed E-state index contributed by atoms with van der Waals surface area (Å²) in [6.45, 7) is 2.96. The Kier molecular flexibility index (Phi) is 6.62. The number of aliphatic hydroxyl groups excluding tert-OH is 1. The summed E-state index contributed by atoms with van der Waals surface area (Å²) in [5.74, 6) is 0.585. The fourth-order valence-electron chi connectivity index (χ4n) is 2.69. The van der Waals surface area contributed by atoms with Crippen molar-refractivity contribution in [2.75, 3.05) is 18.5 Å². The quantitative estimate of drug-likeness (QED) is 0.813. The molecule has 21 heavy (non-hydrogen) atoms. The number of ether oxygens (including phenoxy) is 1. The lowest BCUT2D eigenvalue weighted by Crippen LogP contribution is -2.32. The summed E-state index contributed by atoms with van der Waals surface area (Å²) in [4.78, 5) is 0. The number of anilines is 1. The van der Waals surface area contributed by atoms with Gasteiger partial charge in [-0.25, -0.2) is 0 Å². The van der Waals surface area contributed by atoms with Gasteiger partial charge in [0.15, 0.2) is 0 Å². The van der Waals surface area contributed by atoms with E-state index in [0.717, 1.165) is 12.1 Å². The van der Waals surface area contributed by atoms with E-state index in [1.165, 1.54) is 19.3 Å². The molecule has 3 unspecified atom stereocenters. The molecule has 5 heteroatoms. The van der Waals surface area contributed by atoms with Crippen LogP contribution >= 0.6 is 23.2 Å². The van der Waals surface area contributed by atoms with E-state index in [1.54, 1.807) is 6.07 Å². The summed E-state index contributed by atoms with van der Waals surface area (Å²) >= 11 is 12.0. The number of hydrogen-bond acceptors (Lipinski definition) is 3. The molecule has 0 spiro atoms. The molecule has 0 saturated heterocycles. The smallest absolute Gasteiger partial charge is 0.0945 e. The predicted molar refractivity (Wildman–Crippen MR) is 88.3 cm³/mol. The van der Waals surface area contributed by atoms with Crippen LogP contribution in [0.1, 0.15) is 32.6 Å². The molecule has 1 aromatic rings.